The second-order valence-electron chi connectivity index (χ2n) is 9.30. The number of alkyl halides is 1. The minimum atomic E-state index is -1.77. The lowest BCUT2D eigenvalue weighted by Crippen LogP contribution is -2.49. The molecule has 0 unspecified atom stereocenters. The molecule has 0 spiro atoms. The molecule has 0 aromatic heterocycles. The predicted molar refractivity (Wildman–Crippen MR) is 120 cm³/mol. The number of nitrogens with zero attached hydrogens (tertiary/aromatic N) is 2. The first kappa shape index (κ1) is 22.4. The molecule has 4 aliphatic rings. The SMILES string of the molecule is O=C1c2ccccc2C(=O)N1C1(F)CCCC1.O=C1c2ccccc2C(=O)N1C1(O)CCCC1. The van der Waals surface area contributed by atoms with Crippen molar-refractivity contribution in [2.24, 2.45) is 0 Å². The van der Waals surface area contributed by atoms with Gasteiger partial charge in [-0.05, 0) is 62.8 Å². The van der Waals surface area contributed by atoms with E-state index >= 15 is 0 Å². The molecule has 2 aromatic carbocycles. The van der Waals surface area contributed by atoms with Gasteiger partial charge in [0.15, 0.2) is 5.79 Å². The van der Waals surface area contributed by atoms with Gasteiger partial charge in [-0.25, -0.2) is 14.2 Å². The summed E-state index contributed by atoms with van der Waals surface area (Å²) in [5, 5.41) is 10.4. The van der Waals surface area contributed by atoms with Gasteiger partial charge in [0.25, 0.3) is 23.6 Å². The number of hydrogen-bond donors (Lipinski definition) is 1. The fourth-order valence-corrected chi connectivity index (χ4v) is 5.43. The minimum Gasteiger partial charge on any atom is -0.370 e. The van der Waals surface area contributed by atoms with E-state index in [9.17, 15) is 28.7 Å². The molecule has 2 heterocycles. The van der Waals surface area contributed by atoms with Crippen LogP contribution in [0.1, 0.15) is 92.8 Å². The van der Waals surface area contributed by atoms with Crippen LogP contribution >= 0.6 is 0 Å². The Morgan fingerprint density at radius 3 is 1.29 bits per heavy atom. The van der Waals surface area contributed by atoms with Gasteiger partial charge < -0.3 is 5.11 Å². The molecule has 1 N–H and O–H groups in total. The molecule has 0 radical (unpaired) electrons. The Labute approximate surface area is 196 Å². The van der Waals surface area contributed by atoms with Crippen molar-refractivity contribution in [2.45, 2.75) is 62.9 Å². The number of hydrogen-bond acceptors (Lipinski definition) is 5. The third-order valence-corrected chi connectivity index (χ3v) is 7.18. The van der Waals surface area contributed by atoms with E-state index in [1.54, 1.807) is 48.5 Å². The van der Waals surface area contributed by atoms with Crippen LogP contribution in [0.15, 0.2) is 48.5 Å². The molecule has 7 nitrogen and oxygen atoms in total. The summed E-state index contributed by atoms with van der Waals surface area (Å²) in [4.78, 5) is 50.3. The number of benzene rings is 2. The highest BCUT2D eigenvalue weighted by Gasteiger charge is 2.51. The second kappa shape index (κ2) is 8.13. The Morgan fingerprint density at radius 1 is 0.588 bits per heavy atom. The van der Waals surface area contributed by atoms with Crippen LogP contribution in [0.2, 0.25) is 0 Å². The largest absolute Gasteiger partial charge is 0.370 e. The average Bonchev–Trinajstić information content (AvgIpc) is 3.58. The maximum absolute atomic E-state index is 14.6. The highest BCUT2D eigenvalue weighted by atomic mass is 19.1. The van der Waals surface area contributed by atoms with Crippen LogP contribution in [0.5, 0.6) is 0 Å². The van der Waals surface area contributed by atoms with Crippen molar-refractivity contribution in [1.82, 2.24) is 9.80 Å². The summed E-state index contributed by atoms with van der Waals surface area (Å²) in [5.41, 5.74) is 0.172. The van der Waals surface area contributed by atoms with E-state index in [4.69, 9.17) is 0 Å². The van der Waals surface area contributed by atoms with E-state index in [1.807, 2.05) is 0 Å². The number of carbonyl (C=O) groups excluding carboxylic acids is 4. The van der Waals surface area contributed by atoms with Crippen LogP contribution in [-0.4, -0.2) is 50.1 Å². The average molecular weight is 464 g/mol. The van der Waals surface area contributed by atoms with Crippen molar-refractivity contribution in [3.63, 3.8) is 0 Å². The fourth-order valence-electron chi connectivity index (χ4n) is 5.43. The second-order valence-corrected chi connectivity index (χ2v) is 9.30. The minimum absolute atomic E-state index is 0.262. The summed E-state index contributed by atoms with van der Waals surface area (Å²) in [6.45, 7) is 0. The lowest BCUT2D eigenvalue weighted by molar-refractivity contribution is -0.0628. The number of amides is 4. The molecule has 0 bridgehead atoms. The number of fused-ring (bicyclic) bond motifs is 2. The molecular weight excluding hydrogens is 439 g/mol. The van der Waals surface area contributed by atoms with Crippen LogP contribution in [0, 0.1) is 0 Å². The number of aliphatic hydroxyl groups is 1. The van der Waals surface area contributed by atoms with Crippen molar-refractivity contribution >= 4 is 23.6 Å². The molecule has 2 fully saturated rings. The molecule has 176 valence electrons. The molecule has 2 aliphatic heterocycles. The molecule has 0 saturated heterocycles. The number of halogens is 1. The Morgan fingerprint density at radius 2 is 0.912 bits per heavy atom. The van der Waals surface area contributed by atoms with Crippen LogP contribution < -0.4 is 0 Å². The summed E-state index contributed by atoms with van der Waals surface area (Å²) >= 11 is 0. The Bertz CT molecular complexity index is 1030. The zero-order valence-electron chi connectivity index (χ0n) is 18.6. The van der Waals surface area contributed by atoms with E-state index < -0.39 is 23.3 Å². The van der Waals surface area contributed by atoms with Gasteiger partial charge in [0, 0.05) is 12.8 Å². The first-order valence-corrected chi connectivity index (χ1v) is 11.6. The third kappa shape index (κ3) is 3.36. The topological polar surface area (TPSA) is 95.0 Å². The molecule has 6 rings (SSSR count). The molecule has 4 amide bonds. The smallest absolute Gasteiger partial charge is 0.264 e. The van der Waals surface area contributed by atoms with Gasteiger partial charge >= 0.3 is 0 Å². The normalized spacial score (nSPS) is 22.1. The third-order valence-electron chi connectivity index (χ3n) is 7.18. The summed E-state index contributed by atoms with van der Waals surface area (Å²) < 4.78 is 14.6. The van der Waals surface area contributed by atoms with Gasteiger partial charge in [0.05, 0.1) is 22.3 Å². The van der Waals surface area contributed by atoms with E-state index in [2.05, 4.69) is 0 Å². The Balaban J connectivity index is 0.000000142. The van der Waals surface area contributed by atoms with Gasteiger partial charge in [-0.15, -0.1) is 0 Å². The van der Waals surface area contributed by atoms with Gasteiger partial charge in [-0.1, -0.05) is 24.3 Å². The molecule has 0 atom stereocenters. The van der Waals surface area contributed by atoms with E-state index in [1.165, 1.54) is 0 Å². The van der Waals surface area contributed by atoms with Crippen molar-refractivity contribution in [3.8, 4) is 0 Å². The Kier molecular flexibility index (Phi) is 5.36. The van der Waals surface area contributed by atoms with Crippen molar-refractivity contribution < 1.29 is 28.7 Å². The van der Waals surface area contributed by atoms with Gasteiger partial charge in [-0.2, -0.15) is 0 Å². The van der Waals surface area contributed by atoms with Crippen LogP contribution in [0.4, 0.5) is 4.39 Å². The van der Waals surface area contributed by atoms with Crippen molar-refractivity contribution in [1.29, 1.82) is 0 Å². The van der Waals surface area contributed by atoms with E-state index in [-0.39, 0.29) is 24.7 Å². The molecule has 2 saturated carbocycles. The van der Waals surface area contributed by atoms with Gasteiger partial charge in [0.1, 0.15) is 5.72 Å². The van der Waals surface area contributed by atoms with Gasteiger partial charge in [-0.3, -0.25) is 19.2 Å². The Hall–Kier alpha value is -3.39. The van der Waals surface area contributed by atoms with E-state index in [0.717, 1.165) is 35.5 Å². The molecular formula is C26H25FN2O5. The lowest BCUT2D eigenvalue weighted by Gasteiger charge is -2.31. The predicted octanol–water partition coefficient (Wildman–Crippen LogP) is 4.07. The first-order valence-electron chi connectivity index (χ1n) is 11.6. The van der Waals surface area contributed by atoms with Gasteiger partial charge in [0.2, 0.25) is 0 Å². The highest BCUT2D eigenvalue weighted by molar-refractivity contribution is 6.22. The zero-order valence-corrected chi connectivity index (χ0v) is 18.6. The van der Waals surface area contributed by atoms with Crippen LogP contribution in [0.25, 0.3) is 0 Å². The van der Waals surface area contributed by atoms with Crippen LogP contribution in [0.3, 0.4) is 0 Å². The maximum atomic E-state index is 14.6. The monoisotopic (exact) mass is 464 g/mol. The molecule has 34 heavy (non-hydrogen) atoms. The summed E-state index contributed by atoms with van der Waals surface area (Å²) in [5.74, 6) is -3.48. The summed E-state index contributed by atoms with van der Waals surface area (Å²) in [7, 11) is 0. The zero-order chi connectivity index (χ0) is 24.1. The molecule has 2 aromatic rings. The van der Waals surface area contributed by atoms with Crippen LogP contribution in [-0.2, 0) is 0 Å². The summed E-state index contributed by atoms with van der Waals surface area (Å²) in [6.07, 6.45) is 4.65. The van der Waals surface area contributed by atoms with Crippen molar-refractivity contribution in [3.05, 3.63) is 70.8 Å². The fraction of sp³-hybridized carbons (Fsp3) is 0.385. The number of imide groups is 2. The number of carbonyl (C=O) groups is 4. The highest BCUT2D eigenvalue weighted by Crippen LogP contribution is 2.41. The maximum Gasteiger partial charge on any atom is 0.264 e. The lowest BCUT2D eigenvalue weighted by atomic mass is 10.1. The molecule has 8 heteroatoms. The van der Waals surface area contributed by atoms with Crippen molar-refractivity contribution in [2.75, 3.05) is 0 Å². The molecule has 2 aliphatic carbocycles. The summed E-state index contributed by atoms with van der Waals surface area (Å²) in [6, 6.07) is 13.3. The van der Waals surface area contributed by atoms with E-state index in [0.29, 0.717) is 35.1 Å². The standard InChI is InChI=1S/C13H12FNO2.C13H13NO3/c14-13(7-3-4-8-13)15-11(16)9-5-1-2-6-10(9)12(15)17;15-11-9-5-1-2-6-10(9)12(16)14(11)13(17)7-3-4-8-13/h1-2,5-6H,3-4,7-8H2;1-2,5-6,17H,3-4,7-8H2. The number of rotatable bonds is 2. The first-order chi connectivity index (χ1) is 16.3. The quantitative estimate of drug-likeness (QED) is 0.534.